The summed E-state index contributed by atoms with van der Waals surface area (Å²) in [5.74, 6) is -1.49. The van der Waals surface area contributed by atoms with Gasteiger partial charge >= 0.3 is 0 Å². The summed E-state index contributed by atoms with van der Waals surface area (Å²) in [6, 6.07) is 1.27. The first-order chi connectivity index (χ1) is 13.0. The number of hydrogen-bond acceptors (Lipinski definition) is 1. The summed E-state index contributed by atoms with van der Waals surface area (Å²) in [5, 5.41) is -0.426. The molecule has 0 amide bonds. The van der Waals surface area contributed by atoms with Crippen LogP contribution in [0.1, 0.15) is 57.8 Å². The third-order valence-electron chi connectivity index (χ3n) is 6.36. The van der Waals surface area contributed by atoms with Crippen molar-refractivity contribution < 1.29 is 17.9 Å². The second kappa shape index (κ2) is 8.99. The fourth-order valence-corrected chi connectivity index (χ4v) is 4.76. The Labute approximate surface area is 159 Å². The fourth-order valence-electron chi connectivity index (χ4n) is 4.76. The van der Waals surface area contributed by atoms with Gasteiger partial charge in [-0.05, 0) is 60.8 Å². The molecule has 148 valence electrons. The molecule has 0 saturated heterocycles. The lowest BCUT2D eigenvalue weighted by Crippen LogP contribution is -2.31. The Bertz CT molecular complexity index is 772. The average Bonchev–Trinajstić information content (AvgIpc) is 2.70. The van der Waals surface area contributed by atoms with Crippen LogP contribution in [0.5, 0.6) is 5.75 Å². The highest BCUT2D eigenvalue weighted by atomic mass is 19.2. The average molecular weight is 378 g/mol. The maximum atomic E-state index is 14.3. The first-order valence-corrected chi connectivity index (χ1v) is 10.1. The quantitative estimate of drug-likeness (QED) is 0.666. The van der Waals surface area contributed by atoms with E-state index in [1.807, 2.05) is 0 Å². The van der Waals surface area contributed by atoms with Crippen LogP contribution in [0.4, 0.5) is 13.2 Å². The molecule has 0 aliphatic heterocycles. The van der Waals surface area contributed by atoms with Gasteiger partial charge < -0.3 is 4.74 Å². The minimum Gasteiger partial charge on any atom is -0.490 e. The molecule has 3 rings (SSSR count). The van der Waals surface area contributed by atoms with Gasteiger partial charge in [0.1, 0.15) is 5.83 Å². The van der Waals surface area contributed by atoms with Crippen molar-refractivity contribution >= 4 is 12.4 Å². The van der Waals surface area contributed by atoms with E-state index in [0.717, 1.165) is 30.8 Å². The van der Waals surface area contributed by atoms with Gasteiger partial charge in [0.25, 0.3) is 0 Å². The van der Waals surface area contributed by atoms with Crippen LogP contribution in [0, 0.1) is 29.4 Å². The summed E-state index contributed by atoms with van der Waals surface area (Å²) in [6.45, 7) is 7.22. The van der Waals surface area contributed by atoms with E-state index in [2.05, 4.69) is 13.2 Å². The predicted octanol–water partition coefficient (Wildman–Crippen LogP) is 5.40. The van der Waals surface area contributed by atoms with Crippen LogP contribution in [0.15, 0.2) is 18.7 Å². The number of rotatable bonds is 5. The molecule has 2 aliphatic rings. The zero-order valence-electron chi connectivity index (χ0n) is 15.9. The van der Waals surface area contributed by atoms with Crippen LogP contribution in [0.3, 0.4) is 0 Å². The standard InChI is InChI=1S/C23H29F3O/c1-3-19(24)21-15(2)13-20(22(25)23(21)26)27-14-16-9-11-18(12-10-16)17-7-5-4-6-8-17/h3,13,16-18H,1-2,4-12,14H2/b21-19-. The third kappa shape index (κ3) is 4.59. The van der Waals surface area contributed by atoms with E-state index >= 15 is 0 Å². The minimum absolute atomic E-state index is 0.0577. The highest BCUT2D eigenvalue weighted by molar-refractivity contribution is 5.49. The predicted molar refractivity (Wildman–Crippen MR) is 103 cm³/mol. The molecular weight excluding hydrogens is 349 g/mol. The van der Waals surface area contributed by atoms with Crippen molar-refractivity contribution in [1.82, 2.24) is 0 Å². The lowest BCUT2D eigenvalue weighted by atomic mass is 9.71. The van der Waals surface area contributed by atoms with Gasteiger partial charge in [-0.25, -0.2) is 8.78 Å². The molecular formula is C23H29F3O. The highest BCUT2D eigenvalue weighted by Crippen LogP contribution is 2.40. The van der Waals surface area contributed by atoms with Gasteiger partial charge in [-0.2, -0.15) is 4.39 Å². The molecule has 27 heavy (non-hydrogen) atoms. The zero-order chi connectivity index (χ0) is 19.4. The fraction of sp³-hybridized carbons (Fsp3) is 0.565. The normalized spacial score (nSPS) is 25.1. The van der Waals surface area contributed by atoms with Crippen molar-refractivity contribution in [3.8, 4) is 5.75 Å². The second-order valence-corrected chi connectivity index (χ2v) is 8.08. The Morgan fingerprint density at radius 2 is 1.63 bits per heavy atom. The van der Waals surface area contributed by atoms with Gasteiger partial charge in [-0.3, -0.25) is 0 Å². The Balaban J connectivity index is 1.60. The summed E-state index contributed by atoms with van der Waals surface area (Å²) in [5.41, 5.74) is 0. The Kier molecular flexibility index (Phi) is 6.67. The number of benzene rings is 1. The van der Waals surface area contributed by atoms with E-state index in [1.165, 1.54) is 51.0 Å². The molecule has 0 heterocycles. The van der Waals surface area contributed by atoms with Gasteiger partial charge in [-0.1, -0.05) is 45.3 Å². The van der Waals surface area contributed by atoms with E-state index in [1.54, 1.807) is 0 Å². The van der Waals surface area contributed by atoms with E-state index in [0.29, 0.717) is 12.5 Å². The minimum atomic E-state index is -1.27. The Hall–Kier alpha value is -1.71. The van der Waals surface area contributed by atoms with Crippen molar-refractivity contribution in [3.63, 3.8) is 0 Å². The number of hydrogen-bond donors (Lipinski definition) is 0. The van der Waals surface area contributed by atoms with Crippen molar-refractivity contribution in [1.29, 1.82) is 0 Å². The SMILES string of the molecule is C=C/C(F)=c1/c(F)c(F)c(OCC2CCC(C3CCCCC3)CC2)cc1=C. The lowest BCUT2D eigenvalue weighted by Gasteiger charge is -2.35. The van der Waals surface area contributed by atoms with Crippen molar-refractivity contribution in [3.05, 3.63) is 40.8 Å². The Morgan fingerprint density at radius 3 is 2.26 bits per heavy atom. The highest BCUT2D eigenvalue weighted by Gasteiger charge is 2.29. The molecule has 0 bridgehead atoms. The summed E-state index contributed by atoms with van der Waals surface area (Å²) in [7, 11) is 0. The first-order valence-electron chi connectivity index (χ1n) is 10.1. The van der Waals surface area contributed by atoms with Crippen molar-refractivity contribution in [2.45, 2.75) is 57.8 Å². The topological polar surface area (TPSA) is 9.23 Å². The first kappa shape index (κ1) is 20.0. The summed E-state index contributed by atoms with van der Waals surface area (Å²) in [4.78, 5) is 0. The number of halogens is 3. The monoisotopic (exact) mass is 378 g/mol. The third-order valence-corrected chi connectivity index (χ3v) is 6.36. The lowest BCUT2D eigenvalue weighted by molar-refractivity contribution is 0.133. The van der Waals surface area contributed by atoms with Gasteiger partial charge in [0.2, 0.25) is 5.82 Å². The van der Waals surface area contributed by atoms with Crippen LogP contribution in [0.2, 0.25) is 0 Å². The molecule has 2 saturated carbocycles. The van der Waals surface area contributed by atoms with Crippen LogP contribution in [-0.2, 0) is 0 Å². The number of allylic oxidation sites excluding steroid dienone is 1. The molecule has 0 radical (unpaired) electrons. The van der Waals surface area contributed by atoms with Crippen LogP contribution >= 0.6 is 0 Å². The molecule has 0 N–H and O–H groups in total. The van der Waals surface area contributed by atoms with Gasteiger partial charge in [0.15, 0.2) is 11.6 Å². The van der Waals surface area contributed by atoms with Crippen LogP contribution in [0.25, 0.3) is 12.4 Å². The molecule has 2 fully saturated rings. The molecule has 2 aliphatic carbocycles. The van der Waals surface area contributed by atoms with E-state index < -0.39 is 22.7 Å². The molecule has 0 atom stereocenters. The maximum Gasteiger partial charge on any atom is 0.201 e. The molecule has 1 aromatic carbocycles. The molecule has 1 aromatic rings. The van der Waals surface area contributed by atoms with Gasteiger partial charge in [0.05, 0.1) is 11.8 Å². The van der Waals surface area contributed by atoms with E-state index in [4.69, 9.17) is 4.74 Å². The smallest absolute Gasteiger partial charge is 0.201 e. The Morgan fingerprint density at radius 1 is 1.00 bits per heavy atom. The van der Waals surface area contributed by atoms with Gasteiger partial charge in [0, 0.05) is 0 Å². The largest absolute Gasteiger partial charge is 0.490 e. The number of ether oxygens (including phenoxy) is 1. The van der Waals surface area contributed by atoms with Crippen LogP contribution < -0.4 is 15.2 Å². The van der Waals surface area contributed by atoms with Crippen molar-refractivity contribution in [2.24, 2.45) is 17.8 Å². The van der Waals surface area contributed by atoms with E-state index in [9.17, 15) is 13.2 Å². The summed E-state index contributed by atoms with van der Waals surface area (Å²) < 4.78 is 47.7. The molecule has 0 unspecified atom stereocenters. The maximum absolute atomic E-state index is 14.3. The molecule has 4 heteroatoms. The van der Waals surface area contributed by atoms with E-state index in [-0.39, 0.29) is 11.0 Å². The summed E-state index contributed by atoms with van der Waals surface area (Å²) in [6.07, 6.45) is 12.2. The molecule has 1 nitrogen and oxygen atoms in total. The van der Waals surface area contributed by atoms with Gasteiger partial charge in [-0.15, -0.1) is 0 Å². The second-order valence-electron chi connectivity index (χ2n) is 8.08. The van der Waals surface area contributed by atoms with Crippen molar-refractivity contribution in [2.75, 3.05) is 6.61 Å². The molecule has 0 aromatic heterocycles. The molecule has 0 spiro atoms. The zero-order valence-corrected chi connectivity index (χ0v) is 15.9. The summed E-state index contributed by atoms with van der Waals surface area (Å²) >= 11 is 0. The van der Waals surface area contributed by atoms with Crippen LogP contribution in [-0.4, -0.2) is 6.61 Å².